The Hall–Kier alpha value is -5.67. The normalized spacial score (nSPS) is 13.3. The molecule has 9 rings (SSSR count). The summed E-state index contributed by atoms with van der Waals surface area (Å²) in [7, 11) is 0. The van der Waals surface area contributed by atoms with Crippen LogP contribution in [-0.2, 0) is 5.41 Å². The van der Waals surface area contributed by atoms with Crippen molar-refractivity contribution in [2.45, 2.75) is 19.3 Å². The highest BCUT2D eigenvalue weighted by Crippen LogP contribution is 2.50. The van der Waals surface area contributed by atoms with Crippen LogP contribution in [0.3, 0.4) is 0 Å². The number of nitrogens with zero attached hydrogens (tertiary/aromatic N) is 2. The second kappa shape index (κ2) is 9.67. The fourth-order valence-electron chi connectivity index (χ4n) is 7.19. The van der Waals surface area contributed by atoms with Gasteiger partial charge in [-0.1, -0.05) is 123 Å². The van der Waals surface area contributed by atoms with Gasteiger partial charge in [0.05, 0.1) is 11.4 Å². The van der Waals surface area contributed by atoms with Crippen molar-refractivity contribution in [2.75, 3.05) is 4.90 Å². The molecule has 1 aliphatic rings. The molecule has 0 atom stereocenters. The summed E-state index contributed by atoms with van der Waals surface area (Å²) >= 11 is 0. The highest BCUT2D eigenvalue weighted by molar-refractivity contribution is 6.15. The highest BCUT2D eigenvalue weighted by Gasteiger charge is 2.36. The molecule has 45 heavy (non-hydrogen) atoms. The molecule has 1 heterocycles. The van der Waals surface area contributed by atoms with Crippen molar-refractivity contribution in [1.29, 1.82) is 0 Å². The average Bonchev–Trinajstić information content (AvgIpc) is 3.62. The van der Waals surface area contributed by atoms with E-state index in [2.05, 4.69) is 158 Å². The number of rotatable bonds is 4. The van der Waals surface area contributed by atoms with E-state index in [-0.39, 0.29) is 5.41 Å². The summed E-state index contributed by atoms with van der Waals surface area (Å²) in [5.41, 5.74) is 11.1. The molecule has 1 aromatic heterocycles. The number of hydrogen-bond donors (Lipinski definition) is 0. The Kier molecular flexibility index (Phi) is 5.54. The van der Waals surface area contributed by atoms with Gasteiger partial charge in [0.25, 0.3) is 0 Å². The Bertz CT molecular complexity index is 2400. The van der Waals surface area contributed by atoms with Crippen LogP contribution in [0.2, 0.25) is 0 Å². The van der Waals surface area contributed by atoms with Gasteiger partial charge in [-0.2, -0.15) is 4.98 Å². The molecule has 8 aromatic rings. The number of fused-ring (bicyclic) bond motifs is 8. The van der Waals surface area contributed by atoms with Crippen molar-refractivity contribution < 1.29 is 4.42 Å². The molecule has 0 N–H and O–H groups in total. The Morgan fingerprint density at radius 2 is 1.22 bits per heavy atom. The maximum Gasteiger partial charge on any atom is 0.307 e. The minimum Gasteiger partial charge on any atom is -0.422 e. The minimum atomic E-state index is -0.122. The van der Waals surface area contributed by atoms with Crippen LogP contribution < -0.4 is 4.90 Å². The molecule has 0 spiro atoms. The first-order chi connectivity index (χ1) is 22.1. The summed E-state index contributed by atoms with van der Waals surface area (Å²) in [5.74, 6) is 0. The van der Waals surface area contributed by atoms with Crippen LogP contribution in [0.1, 0.15) is 25.0 Å². The maximum atomic E-state index is 6.76. The number of hydrogen-bond acceptors (Lipinski definition) is 3. The van der Waals surface area contributed by atoms with Crippen LogP contribution >= 0.6 is 0 Å². The minimum absolute atomic E-state index is 0.122. The molecule has 1 aliphatic carbocycles. The molecule has 0 bridgehead atoms. The van der Waals surface area contributed by atoms with E-state index in [1.807, 2.05) is 6.07 Å². The monoisotopic (exact) mass is 578 g/mol. The first-order valence-corrected chi connectivity index (χ1v) is 15.5. The molecule has 0 saturated heterocycles. The predicted molar refractivity (Wildman–Crippen MR) is 187 cm³/mol. The van der Waals surface area contributed by atoms with Gasteiger partial charge in [0.1, 0.15) is 5.52 Å². The third kappa shape index (κ3) is 3.94. The number of benzene rings is 7. The van der Waals surface area contributed by atoms with Crippen LogP contribution in [0.25, 0.3) is 54.9 Å². The van der Waals surface area contributed by atoms with Gasteiger partial charge in [-0.3, -0.25) is 4.90 Å². The van der Waals surface area contributed by atoms with Gasteiger partial charge in [0, 0.05) is 10.8 Å². The van der Waals surface area contributed by atoms with Crippen molar-refractivity contribution in [3.63, 3.8) is 0 Å². The van der Waals surface area contributed by atoms with Crippen LogP contribution in [0.5, 0.6) is 0 Å². The summed E-state index contributed by atoms with van der Waals surface area (Å²) in [5, 5.41) is 4.66. The van der Waals surface area contributed by atoms with Crippen LogP contribution in [-0.4, -0.2) is 4.98 Å². The van der Waals surface area contributed by atoms with Gasteiger partial charge in [-0.25, -0.2) is 0 Å². The van der Waals surface area contributed by atoms with Crippen molar-refractivity contribution >= 4 is 50.0 Å². The van der Waals surface area contributed by atoms with Gasteiger partial charge in [0.15, 0.2) is 5.58 Å². The van der Waals surface area contributed by atoms with Crippen molar-refractivity contribution in [3.8, 4) is 22.3 Å². The van der Waals surface area contributed by atoms with Crippen molar-refractivity contribution in [3.05, 3.63) is 157 Å². The molecule has 3 nitrogen and oxygen atoms in total. The van der Waals surface area contributed by atoms with E-state index in [9.17, 15) is 0 Å². The lowest BCUT2D eigenvalue weighted by Crippen LogP contribution is -2.16. The molecule has 214 valence electrons. The molecule has 0 radical (unpaired) electrons. The predicted octanol–water partition coefficient (Wildman–Crippen LogP) is 11.6. The van der Waals surface area contributed by atoms with Crippen LogP contribution in [0.4, 0.5) is 17.4 Å². The zero-order valence-corrected chi connectivity index (χ0v) is 25.2. The molecular weight excluding hydrogens is 548 g/mol. The molecule has 3 heteroatoms. The maximum absolute atomic E-state index is 6.76. The molecular formula is C42H30N2O. The summed E-state index contributed by atoms with van der Waals surface area (Å²) in [6.45, 7) is 4.63. The topological polar surface area (TPSA) is 29.3 Å². The van der Waals surface area contributed by atoms with Crippen LogP contribution in [0, 0.1) is 0 Å². The third-order valence-electron chi connectivity index (χ3n) is 9.51. The van der Waals surface area contributed by atoms with Gasteiger partial charge >= 0.3 is 6.01 Å². The van der Waals surface area contributed by atoms with E-state index in [1.54, 1.807) is 0 Å². The van der Waals surface area contributed by atoms with E-state index < -0.39 is 0 Å². The van der Waals surface area contributed by atoms with Crippen molar-refractivity contribution in [1.82, 2.24) is 4.98 Å². The zero-order valence-electron chi connectivity index (χ0n) is 25.2. The van der Waals surface area contributed by atoms with E-state index in [0.717, 1.165) is 27.9 Å². The van der Waals surface area contributed by atoms with E-state index in [4.69, 9.17) is 9.40 Å². The molecule has 0 fully saturated rings. The summed E-state index contributed by atoms with van der Waals surface area (Å²) < 4.78 is 6.76. The van der Waals surface area contributed by atoms with E-state index >= 15 is 0 Å². The third-order valence-corrected chi connectivity index (χ3v) is 9.51. The number of aromatic nitrogens is 1. The molecule has 0 saturated carbocycles. The number of anilines is 3. The average molecular weight is 579 g/mol. The molecule has 0 aliphatic heterocycles. The lowest BCUT2D eigenvalue weighted by Gasteiger charge is -2.25. The van der Waals surface area contributed by atoms with Gasteiger partial charge < -0.3 is 4.42 Å². The fourth-order valence-corrected chi connectivity index (χ4v) is 7.19. The molecule has 0 unspecified atom stereocenters. The first-order valence-electron chi connectivity index (χ1n) is 15.5. The SMILES string of the molecule is CC1(C)c2ccccc2-c2ccc(N(c3ccc(-c4ccccc4)cc3)c3nc4ccc5c6ccccc6ccc5c4o3)cc21. The van der Waals surface area contributed by atoms with Gasteiger partial charge in [0.2, 0.25) is 0 Å². The lowest BCUT2D eigenvalue weighted by molar-refractivity contribution is 0.611. The molecule has 7 aromatic carbocycles. The highest BCUT2D eigenvalue weighted by atomic mass is 16.4. The Balaban J connectivity index is 1.24. The smallest absolute Gasteiger partial charge is 0.307 e. The fraction of sp³-hybridized carbons (Fsp3) is 0.0714. The largest absolute Gasteiger partial charge is 0.422 e. The first kappa shape index (κ1) is 25.8. The van der Waals surface area contributed by atoms with E-state index in [1.165, 1.54) is 49.5 Å². The lowest BCUT2D eigenvalue weighted by atomic mass is 9.82. The Morgan fingerprint density at radius 1 is 0.533 bits per heavy atom. The van der Waals surface area contributed by atoms with Crippen molar-refractivity contribution in [2.24, 2.45) is 0 Å². The van der Waals surface area contributed by atoms with E-state index in [0.29, 0.717) is 6.01 Å². The van der Waals surface area contributed by atoms with Gasteiger partial charge in [-0.15, -0.1) is 0 Å². The number of oxazole rings is 1. The molecule has 0 amide bonds. The second-order valence-corrected chi connectivity index (χ2v) is 12.4. The summed E-state index contributed by atoms with van der Waals surface area (Å²) in [6.07, 6.45) is 0. The Labute approximate surface area is 262 Å². The van der Waals surface area contributed by atoms with Crippen LogP contribution in [0.15, 0.2) is 150 Å². The zero-order chi connectivity index (χ0) is 30.1. The quantitative estimate of drug-likeness (QED) is 0.195. The second-order valence-electron chi connectivity index (χ2n) is 12.4. The summed E-state index contributed by atoms with van der Waals surface area (Å²) in [6, 6.07) is 52.3. The Morgan fingerprint density at radius 3 is 2.09 bits per heavy atom. The summed E-state index contributed by atoms with van der Waals surface area (Å²) in [4.78, 5) is 7.26. The standard InChI is InChI=1S/C42H30N2O/c1-42(2)37-15-9-8-14-34(37)35-23-21-31(26-38(35)42)44(30-19-16-28(17-20-30)27-10-4-3-5-11-27)41-43-39-25-24-33-32-13-7-6-12-29(32)18-22-36(33)40(39)45-41/h3-26H,1-2H3. The van der Waals surface area contributed by atoms with Gasteiger partial charge in [-0.05, 0) is 85.9 Å².